The summed E-state index contributed by atoms with van der Waals surface area (Å²) in [5, 5.41) is 0. The fourth-order valence-electron chi connectivity index (χ4n) is 1.25. The lowest BCUT2D eigenvalue weighted by Gasteiger charge is -1.88. The molecule has 0 saturated carbocycles. The van der Waals surface area contributed by atoms with Crippen LogP contribution in [0.5, 0.6) is 0 Å². The minimum Gasteiger partial charge on any atom is -0.300 e. The van der Waals surface area contributed by atoms with Gasteiger partial charge in [-0.1, -0.05) is 4.73 Å². The van der Waals surface area contributed by atoms with Crippen LogP contribution in [0.3, 0.4) is 0 Å². The standard InChI is InChI=1S/C5H2N4O5/c10-3-1-2(7-4(11)6-1)8-5(12)9(3)14-13-8/h(H2,6,7,11). The number of rotatable bonds is 0. The average Bonchev–Trinajstić information content (AvgIpc) is 2.64. The molecule has 0 amide bonds. The quantitative estimate of drug-likeness (QED) is 0.437. The summed E-state index contributed by atoms with van der Waals surface area (Å²) < 4.78 is 1.06. The lowest BCUT2D eigenvalue weighted by molar-refractivity contribution is -0.256. The second-order valence-electron chi connectivity index (χ2n) is 2.63. The topological polar surface area (TPSA) is 111 Å². The molecule has 14 heavy (non-hydrogen) atoms. The van der Waals surface area contributed by atoms with E-state index in [1.165, 1.54) is 0 Å². The Bertz CT molecular complexity index is 699. The van der Waals surface area contributed by atoms with Gasteiger partial charge in [-0.2, -0.15) is 9.98 Å². The minimum absolute atomic E-state index is 0.0567. The Labute approximate surface area is 72.9 Å². The molecular weight excluding hydrogens is 196 g/mol. The molecule has 9 nitrogen and oxygen atoms in total. The van der Waals surface area contributed by atoms with Crippen LogP contribution in [0.25, 0.3) is 11.2 Å². The molecule has 72 valence electrons. The van der Waals surface area contributed by atoms with Crippen LogP contribution < -0.4 is 26.9 Å². The molecule has 0 spiro atoms. The predicted molar refractivity (Wildman–Crippen MR) is 40.6 cm³/mol. The molecule has 0 unspecified atom stereocenters. The van der Waals surface area contributed by atoms with Crippen molar-refractivity contribution in [3.8, 4) is 0 Å². The van der Waals surface area contributed by atoms with Crippen LogP contribution in [-0.4, -0.2) is 19.4 Å². The van der Waals surface area contributed by atoms with E-state index in [0.29, 0.717) is 9.46 Å². The Morgan fingerprint density at radius 3 is 2.50 bits per heavy atom. The van der Waals surface area contributed by atoms with Gasteiger partial charge < -0.3 is 0 Å². The lowest BCUT2D eigenvalue weighted by atomic mass is 10.5. The molecule has 1 aliphatic heterocycles. The van der Waals surface area contributed by atoms with E-state index in [2.05, 4.69) is 19.9 Å². The molecule has 2 N–H and O–H groups in total. The first-order chi connectivity index (χ1) is 6.68. The normalized spacial score (nSPS) is 12.9. The molecule has 0 saturated heterocycles. The Kier molecular flexibility index (Phi) is 0.946. The zero-order valence-corrected chi connectivity index (χ0v) is 6.44. The number of aromatic nitrogens is 4. The number of fused-ring (bicyclic) bond motifs is 4. The first-order valence-corrected chi connectivity index (χ1v) is 3.54. The van der Waals surface area contributed by atoms with Crippen molar-refractivity contribution in [3.05, 3.63) is 31.3 Å². The maximum atomic E-state index is 11.4. The van der Waals surface area contributed by atoms with Crippen molar-refractivity contribution in [2.45, 2.75) is 0 Å². The third-order valence-corrected chi connectivity index (χ3v) is 1.84. The third kappa shape index (κ3) is 0.585. The van der Waals surface area contributed by atoms with E-state index in [0.717, 1.165) is 0 Å². The Morgan fingerprint density at radius 2 is 1.71 bits per heavy atom. The smallest absolute Gasteiger partial charge is 0.300 e. The van der Waals surface area contributed by atoms with Gasteiger partial charge in [0.05, 0.1) is 0 Å². The summed E-state index contributed by atoms with van der Waals surface area (Å²) in [6.45, 7) is 0. The summed E-state index contributed by atoms with van der Waals surface area (Å²) in [4.78, 5) is 46.6. The number of H-pyrrole nitrogens is 2. The maximum absolute atomic E-state index is 11.4. The van der Waals surface area contributed by atoms with E-state index in [-0.39, 0.29) is 11.2 Å². The predicted octanol–water partition coefficient (Wildman–Crippen LogP) is -3.03. The monoisotopic (exact) mass is 198 g/mol. The first-order valence-electron chi connectivity index (χ1n) is 3.54. The highest BCUT2D eigenvalue weighted by Crippen LogP contribution is 1.98. The zero-order chi connectivity index (χ0) is 9.87. The summed E-state index contributed by atoms with van der Waals surface area (Å²) in [5.41, 5.74) is -2.32. The van der Waals surface area contributed by atoms with Crippen molar-refractivity contribution < 1.29 is 9.98 Å². The Hall–Kier alpha value is -2.45. The van der Waals surface area contributed by atoms with E-state index in [4.69, 9.17) is 0 Å². The molecule has 0 fully saturated rings. The highest BCUT2D eigenvalue weighted by Gasteiger charge is 2.24. The first kappa shape index (κ1) is 7.00. The van der Waals surface area contributed by atoms with Crippen molar-refractivity contribution in [2.24, 2.45) is 0 Å². The summed E-state index contributed by atoms with van der Waals surface area (Å²) >= 11 is 0. The van der Waals surface area contributed by atoms with Crippen LogP contribution >= 0.6 is 0 Å². The fraction of sp³-hybridized carbons (Fsp3) is 0. The second-order valence-corrected chi connectivity index (χ2v) is 2.63. The van der Waals surface area contributed by atoms with Gasteiger partial charge in [0.15, 0.2) is 11.2 Å². The number of hydrogen-bond donors (Lipinski definition) is 2. The van der Waals surface area contributed by atoms with Gasteiger partial charge in [-0.25, -0.2) is 9.59 Å². The Balaban J connectivity index is 2.78. The van der Waals surface area contributed by atoms with E-state index >= 15 is 0 Å². The van der Waals surface area contributed by atoms with Gasteiger partial charge in [-0.15, -0.1) is 0 Å². The molecule has 0 aliphatic carbocycles. The zero-order valence-electron chi connectivity index (χ0n) is 6.44. The van der Waals surface area contributed by atoms with Crippen LogP contribution in [0, 0.1) is 0 Å². The van der Waals surface area contributed by atoms with E-state index in [9.17, 15) is 14.4 Å². The van der Waals surface area contributed by atoms with Crippen molar-refractivity contribution in [2.75, 3.05) is 0 Å². The number of nitrogens with one attached hydrogen (secondary N) is 2. The van der Waals surface area contributed by atoms with E-state index in [1.807, 2.05) is 0 Å². The summed E-state index contributed by atoms with van der Waals surface area (Å²) in [6, 6.07) is 0. The summed E-state index contributed by atoms with van der Waals surface area (Å²) in [7, 11) is 0. The third-order valence-electron chi connectivity index (χ3n) is 1.84. The van der Waals surface area contributed by atoms with Gasteiger partial charge in [0, 0.05) is 0 Å². The highest BCUT2D eigenvalue weighted by molar-refractivity contribution is 5.68. The molecule has 0 radical (unpaired) electrons. The van der Waals surface area contributed by atoms with Gasteiger partial charge in [0.1, 0.15) is 0 Å². The molecule has 2 aromatic heterocycles. The molecule has 2 bridgehead atoms. The lowest BCUT2D eigenvalue weighted by Crippen LogP contribution is -2.34. The van der Waals surface area contributed by atoms with Crippen LogP contribution in [0.4, 0.5) is 0 Å². The van der Waals surface area contributed by atoms with Crippen molar-refractivity contribution in [1.82, 2.24) is 19.4 Å². The molecule has 9 heteroatoms. The molecule has 0 aromatic carbocycles. The maximum Gasteiger partial charge on any atom is 0.407 e. The van der Waals surface area contributed by atoms with Crippen molar-refractivity contribution in [3.63, 3.8) is 0 Å². The molecule has 0 atom stereocenters. The summed E-state index contributed by atoms with van der Waals surface area (Å²) in [6.07, 6.45) is 0. The van der Waals surface area contributed by atoms with Crippen LogP contribution in [0.2, 0.25) is 0 Å². The molecular formula is C5H2N4O5. The molecule has 2 aromatic rings. The number of nitrogens with zero attached hydrogens (tertiary/aromatic N) is 2. The van der Waals surface area contributed by atoms with Crippen molar-refractivity contribution in [1.29, 1.82) is 0 Å². The van der Waals surface area contributed by atoms with E-state index < -0.39 is 16.9 Å². The largest absolute Gasteiger partial charge is 0.407 e. The molecule has 1 aliphatic rings. The average molecular weight is 198 g/mol. The van der Waals surface area contributed by atoms with Gasteiger partial charge in [0.2, 0.25) is 0 Å². The van der Waals surface area contributed by atoms with Gasteiger partial charge in [-0.05, 0) is 4.73 Å². The summed E-state index contributed by atoms with van der Waals surface area (Å²) in [5.74, 6) is 0. The number of imidazole rings is 1. The van der Waals surface area contributed by atoms with Gasteiger partial charge in [-0.3, -0.25) is 14.8 Å². The van der Waals surface area contributed by atoms with Gasteiger partial charge in [0.25, 0.3) is 0 Å². The van der Waals surface area contributed by atoms with E-state index in [1.54, 1.807) is 0 Å². The van der Waals surface area contributed by atoms with Crippen LogP contribution in [0.1, 0.15) is 0 Å². The van der Waals surface area contributed by atoms with Crippen molar-refractivity contribution >= 4 is 11.2 Å². The second kappa shape index (κ2) is 1.89. The van der Waals surface area contributed by atoms with Crippen LogP contribution in [-0.2, 0) is 0 Å². The Morgan fingerprint density at radius 1 is 1.00 bits per heavy atom. The SMILES string of the molecule is O=c1[nH]c2c(=O)n3c(=O)n(c2[nH]1)OO3. The molecule has 3 rings (SSSR count). The van der Waals surface area contributed by atoms with Crippen LogP contribution in [0.15, 0.2) is 14.4 Å². The van der Waals surface area contributed by atoms with Gasteiger partial charge >= 0.3 is 16.9 Å². The fourth-order valence-corrected chi connectivity index (χ4v) is 1.25. The minimum atomic E-state index is -0.808. The number of aromatic amines is 2. The molecule has 3 heterocycles. The highest BCUT2D eigenvalue weighted by atomic mass is 17.3. The number of hydrogen-bond acceptors (Lipinski definition) is 5.